The minimum Gasteiger partial charge on any atom is -0.465 e. The number of nitrogens with one attached hydrogen (secondary N) is 1. The van der Waals surface area contributed by atoms with Gasteiger partial charge in [-0.1, -0.05) is 24.3 Å². The average Bonchev–Trinajstić information content (AvgIpc) is 2.68. The predicted molar refractivity (Wildman–Crippen MR) is 65.7 cm³/mol. The maximum atomic E-state index is 10.8. The summed E-state index contributed by atoms with van der Waals surface area (Å²) in [7, 11) is 1.61. The quantitative estimate of drug-likeness (QED) is 0.780. The van der Waals surface area contributed by atoms with E-state index in [-0.39, 0.29) is 12.1 Å². The average molecular weight is 251 g/mol. The number of hydrogen-bond donors (Lipinski definition) is 2. The summed E-state index contributed by atoms with van der Waals surface area (Å²) in [6.07, 6.45) is -0.462. The number of hydrogen-bond acceptors (Lipinski definition) is 3. The summed E-state index contributed by atoms with van der Waals surface area (Å²) >= 11 is 0. The lowest BCUT2D eigenvalue weighted by molar-refractivity contribution is 0.00492. The maximum absolute atomic E-state index is 10.8. The van der Waals surface area contributed by atoms with Crippen LogP contribution >= 0.6 is 0 Å². The SMILES string of the molecule is COCCOC1Cc2ccccc2C1NC(=O)O. The van der Waals surface area contributed by atoms with Crippen LogP contribution in [0.25, 0.3) is 0 Å². The van der Waals surface area contributed by atoms with Crippen molar-refractivity contribution in [3.8, 4) is 0 Å². The Morgan fingerprint density at radius 1 is 1.44 bits per heavy atom. The largest absolute Gasteiger partial charge is 0.465 e. The third kappa shape index (κ3) is 2.80. The Bertz CT molecular complexity index is 421. The van der Waals surface area contributed by atoms with E-state index in [2.05, 4.69) is 5.32 Å². The molecular weight excluding hydrogens is 234 g/mol. The van der Waals surface area contributed by atoms with Crippen molar-refractivity contribution in [2.24, 2.45) is 0 Å². The van der Waals surface area contributed by atoms with Crippen molar-refractivity contribution < 1.29 is 19.4 Å². The van der Waals surface area contributed by atoms with E-state index in [9.17, 15) is 4.79 Å². The van der Waals surface area contributed by atoms with Crippen molar-refractivity contribution in [1.29, 1.82) is 0 Å². The Morgan fingerprint density at radius 3 is 2.94 bits per heavy atom. The van der Waals surface area contributed by atoms with E-state index < -0.39 is 6.09 Å². The maximum Gasteiger partial charge on any atom is 0.405 e. The molecule has 1 aliphatic rings. The van der Waals surface area contributed by atoms with Crippen molar-refractivity contribution in [2.45, 2.75) is 18.6 Å². The molecule has 0 radical (unpaired) electrons. The number of rotatable bonds is 5. The standard InChI is InChI=1S/C13H17NO4/c1-17-6-7-18-11-8-9-4-2-3-5-10(9)12(11)14-13(15)16/h2-5,11-12,14H,6-8H2,1H3,(H,15,16). The molecule has 1 aromatic carbocycles. The van der Waals surface area contributed by atoms with Crippen LogP contribution in [0.4, 0.5) is 4.79 Å². The van der Waals surface area contributed by atoms with Crippen LogP contribution in [0.5, 0.6) is 0 Å². The van der Waals surface area contributed by atoms with Crippen LogP contribution in [0.15, 0.2) is 24.3 Å². The second kappa shape index (κ2) is 5.84. The van der Waals surface area contributed by atoms with Crippen LogP contribution in [-0.2, 0) is 15.9 Å². The molecule has 0 saturated carbocycles. The number of ether oxygens (including phenoxy) is 2. The first kappa shape index (κ1) is 12.9. The lowest BCUT2D eigenvalue weighted by Crippen LogP contribution is -2.34. The van der Waals surface area contributed by atoms with Gasteiger partial charge in [-0.3, -0.25) is 0 Å². The molecule has 0 saturated heterocycles. The zero-order valence-electron chi connectivity index (χ0n) is 10.3. The molecule has 0 spiro atoms. The highest BCUT2D eigenvalue weighted by Gasteiger charge is 2.33. The Hall–Kier alpha value is -1.59. The topological polar surface area (TPSA) is 67.8 Å². The summed E-state index contributed by atoms with van der Waals surface area (Å²) in [5, 5.41) is 11.4. The first-order chi connectivity index (χ1) is 8.72. The number of carbonyl (C=O) groups is 1. The van der Waals surface area contributed by atoms with Crippen LogP contribution in [0.1, 0.15) is 17.2 Å². The van der Waals surface area contributed by atoms with E-state index in [1.54, 1.807) is 7.11 Å². The molecule has 0 aromatic heterocycles. The Balaban J connectivity index is 2.09. The molecular formula is C13H17NO4. The number of fused-ring (bicyclic) bond motifs is 1. The molecule has 1 aromatic rings. The molecule has 0 aliphatic heterocycles. The van der Waals surface area contributed by atoms with Gasteiger partial charge in [0.15, 0.2) is 0 Å². The summed E-state index contributed by atoms with van der Waals surface area (Å²) < 4.78 is 10.6. The van der Waals surface area contributed by atoms with E-state index in [0.29, 0.717) is 13.2 Å². The van der Waals surface area contributed by atoms with Crippen LogP contribution in [0.3, 0.4) is 0 Å². The van der Waals surface area contributed by atoms with Crippen LogP contribution in [-0.4, -0.2) is 37.6 Å². The van der Waals surface area contributed by atoms with E-state index in [1.807, 2.05) is 24.3 Å². The second-order valence-corrected chi connectivity index (χ2v) is 4.23. The van der Waals surface area contributed by atoms with E-state index in [1.165, 1.54) is 0 Å². The van der Waals surface area contributed by atoms with Crippen LogP contribution < -0.4 is 5.32 Å². The van der Waals surface area contributed by atoms with Gasteiger partial charge in [0.05, 0.1) is 25.4 Å². The van der Waals surface area contributed by atoms with Gasteiger partial charge in [-0.05, 0) is 11.1 Å². The molecule has 0 heterocycles. The van der Waals surface area contributed by atoms with Crippen molar-refractivity contribution in [3.63, 3.8) is 0 Å². The summed E-state index contributed by atoms with van der Waals surface area (Å²) in [4.78, 5) is 10.8. The fourth-order valence-electron chi connectivity index (χ4n) is 2.30. The van der Waals surface area contributed by atoms with Gasteiger partial charge in [0.2, 0.25) is 0 Å². The van der Waals surface area contributed by atoms with Gasteiger partial charge in [-0.2, -0.15) is 0 Å². The van der Waals surface area contributed by atoms with Crippen LogP contribution in [0, 0.1) is 0 Å². The Morgan fingerprint density at radius 2 is 2.22 bits per heavy atom. The van der Waals surface area contributed by atoms with Crippen molar-refractivity contribution in [2.75, 3.05) is 20.3 Å². The van der Waals surface area contributed by atoms with E-state index >= 15 is 0 Å². The van der Waals surface area contributed by atoms with Gasteiger partial charge in [0.25, 0.3) is 0 Å². The van der Waals surface area contributed by atoms with E-state index in [4.69, 9.17) is 14.6 Å². The number of methoxy groups -OCH3 is 1. The van der Waals surface area contributed by atoms with Gasteiger partial charge in [0.1, 0.15) is 0 Å². The van der Waals surface area contributed by atoms with Gasteiger partial charge >= 0.3 is 6.09 Å². The molecule has 5 nitrogen and oxygen atoms in total. The summed E-state index contributed by atoms with van der Waals surface area (Å²) in [5.41, 5.74) is 2.14. The third-order valence-corrected chi connectivity index (χ3v) is 3.08. The zero-order chi connectivity index (χ0) is 13.0. The normalized spacial score (nSPS) is 21.6. The first-order valence-corrected chi connectivity index (χ1v) is 5.90. The van der Waals surface area contributed by atoms with Gasteiger partial charge in [-0.15, -0.1) is 0 Å². The highest BCUT2D eigenvalue weighted by atomic mass is 16.5. The molecule has 2 N–H and O–H groups in total. The summed E-state index contributed by atoms with van der Waals surface area (Å²) in [5.74, 6) is 0. The Kier molecular flexibility index (Phi) is 4.17. The minimum atomic E-state index is -1.03. The molecule has 2 atom stereocenters. The molecule has 0 fully saturated rings. The Labute approximate surface area is 106 Å². The van der Waals surface area contributed by atoms with Crippen LogP contribution in [0.2, 0.25) is 0 Å². The highest BCUT2D eigenvalue weighted by Crippen LogP contribution is 2.33. The minimum absolute atomic E-state index is 0.159. The molecule has 1 aliphatic carbocycles. The molecule has 2 rings (SSSR count). The lowest BCUT2D eigenvalue weighted by Gasteiger charge is -2.20. The molecule has 0 bridgehead atoms. The fraction of sp³-hybridized carbons (Fsp3) is 0.462. The molecule has 18 heavy (non-hydrogen) atoms. The molecule has 5 heteroatoms. The third-order valence-electron chi connectivity index (χ3n) is 3.08. The second-order valence-electron chi connectivity index (χ2n) is 4.23. The first-order valence-electron chi connectivity index (χ1n) is 5.90. The van der Waals surface area contributed by atoms with Crippen molar-refractivity contribution in [1.82, 2.24) is 5.32 Å². The summed E-state index contributed by atoms with van der Waals surface area (Å²) in [6, 6.07) is 7.51. The van der Waals surface area contributed by atoms with E-state index in [0.717, 1.165) is 17.5 Å². The monoisotopic (exact) mass is 251 g/mol. The smallest absolute Gasteiger partial charge is 0.405 e. The lowest BCUT2D eigenvalue weighted by atomic mass is 10.1. The van der Waals surface area contributed by atoms with Gasteiger partial charge < -0.3 is 19.9 Å². The molecule has 2 unspecified atom stereocenters. The van der Waals surface area contributed by atoms with Crippen molar-refractivity contribution in [3.05, 3.63) is 35.4 Å². The predicted octanol–water partition coefficient (Wildman–Crippen LogP) is 1.58. The van der Waals surface area contributed by atoms with Crippen molar-refractivity contribution >= 4 is 6.09 Å². The highest BCUT2D eigenvalue weighted by molar-refractivity contribution is 5.66. The van der Waals surface area contributed by atoms with Gasteiger partial charge in [-0.25, -0.2) is 4.79 Å². The number of carboxylic acid groups (broad SMARTS) is 1. The number of amides is 1. The fourth-order valence-corrected chi connectivity index (χ4v) is 2.30. The zero-order valence-corrected chi connectivity index (χ0v) is 10.3. The molecule has 1 amide bonds. The van der Waals surface area contributed by atoms with Gasteiger partial charge in [0, 0.05) is 13.5 Å². The molecule has 98 valence electrons. The number of benzene rings is 1. The summed E-state index contributed by atoms with van der Waals surface area (Å²) in [6.45, 7) is 0.972.